The predicted molar refractivity (Wildman–Crippen MR) is 73.4 cm³/mol. The number of hydrogen-bond donors (Lipinski definition) is 2. The van der Waals surface area contributed by atoms with Gasteiger partial charge in [-0.2, -0.15) is 0 Å². The minimum Gasteiger partial charge on any atom is -0.504 e. The van der Waals surface area contributed by atoms with Gasteiger partial charge in [0.2, 0.25) is 0 Å². The Labute approximate surface area is 112 Å². The van der Waals surface area contributed by atoms with Gasteiger partial charge in [-0.05, 0) is 36.4 Å². The van der Waals surface area contributed by atoms with Gasteiger partial charge in [0.15, 0.2) is 11.5 Å². The standard InChI is InChI=1S/C13H8ClNO2S/c14-8-2-4-12-9(6-8)15-13(18-12)7-1-3-10(16)11(17)5-7/h1-6,16-17H. The molecule has 0 atom stereocenters. The largest absolute Gasteiger partial charge is 0.504 e. The molecule has 5 heteroatoms. The van der Waals surface area contributed by atoms with E-state index in [1.54, 1.807) is 12.1 Å². The lowest BCUT2D eigenvalue weighted by molar-refractivity contribution is 0.404. The molecule has 3 aromatic rings. The summed E-state index contributed by atoms with van der Waals surface area (Å²) < 4.78 is 1.03. The summed E-state index contributed by atoms with van der Waals surface area (Å²) in [6.07, 6.45) is 0. The van der Waals surface area contributed by atoms with Crippen molar-refractivity contribution in [2.24, 2.45) is 0 Å². The fraction of sp³-hybridized carbons (Fsp3) is 0. The van der Waals surface area contributed by atoms with Crippen LogP contribution in [0.2, 0.25) is 5.02 Å². The smallest absolute Gasteiger partial charge is 0.158 e. The van der Waals surface area contributed by atoms with Gasteiger partial charge in [-0.25, -0.2) is 4.98 Å². The molecule has 0 fully saturated rings. The molecular weight excluding hydrogens is 270 g/mol. The van der Waals surface area contributed by atoms with E-state index in [0.29, 0.717) is 5.02 Å². The number of hydrogen-bond acceptors (Lipinski definition) is 4. The number of thiazole rings is 1. The van der Waals surface area contributed by atoms with Crippen LogP contribution < -0.4 is 0 Å². The van der Waals surface area contributed by atoms with E-state index < -0.39 is 0 Å². The van der Waals surface area contributed by atoms with Gasteiger partial charge in [0.25, 0.3) is 0 Å². The van der Waals surface area contributed by atoms with Crippen LogP contribution in [0.25, 0.3) is 20.8 Å². The first kappa shape index (κ1) is 11.3. The Morgan fingerprint density at radius 3 is 2.61 bits per heavy atom. The van der Waals surface area contributed by atoms with E-state index in [4.69, 9.17) is 11.6 Å². The van der Waals surface area contributed by atoms with Gasteiger partial charge in [-0.15, -0.1) is 11.3 Å². The van der Waals surface area contributed by atoms with Gasteiger partial charge in [0.05, 0.1) is 10.2 Å². The Morgan fingerprint density at radius 1 is 1.00 bits per heavy atom. The van der Waals surface area contributed by atoms with Crippen LogP contribution in [0.1, 0.15) is 0 Å². The molecule has 18 heavy (non-hydrogen) atoms. The number of rotatable bonds is 1. The van der Waals surface area contributed by atoms with E-state index in [1.165, 1.54) is 23.5 Å². The second kappa shape index (κ2) is 4.15. The van der Waals surface area contributed by atoms with Gasteiger partial charge >= 0.3 is 0 Å². The first-order chi connectivity index (χ1) is 8.63. The van der Waals surface area contributed by atoms with Crippen LogP contribution >= 0.6 is 22.9 Å². The maximum atomic E-state index is 9.49. The Morgan fingerprint density at radius 2 is 1.83 bits per heavy atom. The van der Waals surface area contributed by atoms with Crippen molar-refractivity contribution in [2.45, 2.75) is 0 Å². The molecule has 3 rings (SSSR count). The molecule has 0 radical (unpaired) electrons. The third-order valence-electron chi connectivity index (χ3n) is 2.57. The normalized spacial score (nSPS) is 10.9. The van der Waals surface area contributed by atoms with Crippen molar-refractivity contribution in [1.82, 2.24) is 4.98 Å². The summed E-state index contributed by atoms with van der Waals surface area (Å²) in [6, 6.07) is 10.2. The highest BCUT2D eigenvalue weighted by Crippen LogP contribution is 2.35. The lowest BCUT2D eigenvalue weighted by atomic mass is 10.2. The second-order valence-corrected chi connectivity index (χ2v) is 5.30. The average Bonchev–Trinajstić information content (AvgIpc) is 2.75. The minimum atomic E-state index is -0.148. The molecule has 0 amide bonds. The van der Waals surface area contributed by atoms with Crippen LogP contribution in [0.4, 0.5) is 0 Å². The van der Waals surface area contributed by atoms with E-state index in [2.05, 4.69) is 4.98 Å². The quantitative estimate of drug-likeness (QED) is 0.660. The number of fused-ring (bicyclic) bond motifs is 1. The van der Waals surface area contributed by atoms with Crippen LogP contribution in [0.5, 0.6) is 11.5 Å². The Balaban J connectivity index is 2.16. The second-order valence-electron chi connectivity index (χ2n) is 3.83. The van der Waals surface area contributed by atoms with Crippen LogP contribution in [0.3, 0.4) is 0 Å². The number of aromatic hydroxyl groups is 2. The van der Waals surface area contributed by atoms with Crippen molar-refractivity contribution in [3.8, 4) is 22.1 Å². The van der Waals surface area contributed by atoms with Crippen molar-refractivity contribution in [1.29, 1.82) is 0 Å². The Hall–Kier alpha value is -1.78. The molecule has 0 saturated carbocycles. The highest BCUT2D eigenvalue weighted by Gasteiger charge is 2.08. The van der Waals surface area contributed by atoms with Gasteiger partial charge in [0.1, 0.15) is 5.01 Å². The molecule has 0 aliphatic rings. The number of halogens is 1. The first-order valence-corrected chi connectivity index (χ1v) is 6.41. The third kappa shape index (κ3) is 1.89. The average molecular weight is 278 g/mol. The molecule has 90 valence electrons. The van der Waals surface area contributed by atoms with Crippen LogP contribution in [-0.2, 0) is 0 Å². The molecule has 0 spiro atoms. The molecule has 0 aliphatic carbocycles. The van der Waals surface area contributed by atoms with E-state index in [1.807, 2.05) is 12.1 Å². The van der Waals surface area contributed by atoms with Gasteiger partial charge in [-0.3, -0.25) is 0 Å². The van der Waals surface area contributed by atoms with Crippen molar-refractivity contribution in [3.63, 3.8) is 0 Å². The predicted octanol–water partition coefficient (Wildman–Crippen LogP) is 4.03. The summed E-state index contributed by atoms with van der Waals surface area (Å²) in [6.45, 7) is 0. The number of benzene rings is 2. The summed E-state index contributed by atoms with van der Waals surface area (Å²) in [7, 11) is 0. The summed E-state index contributed by atoms with van der Waals surface area (Å²) in [5, 5.41) is 20.2. The Bertz CT molecular complexity index is 739. The van der Waals surface area contributed by atoms with Crippen molar-refractivity contribution in [2.75, 3.05) is 0 Å². The number of phenols is 2. The maximum absolute atomic E-state index is 9.49. The molecule has 1 aromatic heterocycles. The summed E-state index contributed by atoms with van der Waals surface area (Å²) in [4.78, 5) is 4.46. The number of aromatic nitrogens is 1. The van der Waals surface area contributed by atoms with Crippen molar-refractivity contribution in [3.05, 3.63) is 41.4 Å². The van der Waals surface area contributed by atoms with Gasteiger partial charge < -0.3 is 10.2 Å². The molecule has 0 unspecified atom stereocenters. The maximum Gasteiger partial charge on any atom is 0.158 e. The summed E-state index contributed by atoms with van der Waals surface area (Å²) in [5.41, 5.74) is 1.60. The van der Waals surface area contributed by atoms with E-state index >= 15 is 0 Å². The first-order valence-electron chi connectivity index (χ1n) is 5.22. The fourth-order valence-electron chi connectivity index (χ4n) is 1.68. The lowest BCUT2D eigenvalue weighted by Crippen LogP contribution is -1.76. The molecule has 0 saturated heterocycles. The molecule has 0 aliphatic heterocycles. The highest BCUT2D eigenvalue weighted by molar-refractivity contribution is 7.21. The lowest BCUT2D eigenvalue weighted by Gasteiger charge is -1.99. The van der Waals surface area contributed by atoms with E-state index in [9.17, 15) is 10.2 Å². The Kier molecular flexibility index (Phi) is 2.61. The molecule has 3 nitrogen and oxygen atoms in total. The topological polar surface area (TPSA) is 53.4 Å². The highest BCUT2D eigenvalue weighted by atomic mass is 35.5. The molecule has 1 heterocycles. The zero-order valence-corrected chi connectivity index (χ0v) is 10.7. The van der Waals surface area contributed by atoms with E-state index in [0.717, 1.165) is 20.8 Å². The van der Waals surface area contributed by atoms with Gasteiger partial charge in [0, 0.05) is 10.6 Å². The minimum absolute atomic E-state index is 0.136. The zero-order valence-electron chi connectivity index (χ0n) is 9.09. The van der Waals surface area contributed by atoms with Crippen molar-refractivity contribution >= 4 is 33.2 Å². The fourth-order valence-corrected chi connectivity index (χ4v) is 2.79. The van der Waals surface area contributed by atoms with E-state index in [-0.39, 0.29) is 11.5 Å². The molecule has 0 bridgehead atoms. The van der Waals surface area contributed by atoms with Crippen LogP contribution in [-0.4, -0.2) is 15.2 Å². The van der Waals surface area contributed by atoms with Crippen molar-refractivity contribution < 1.29 is 10.2 Å². The number of phenolic OH excluding ortho intramolecular Hbond substituents is 2. The molecular formula is C13H8ClNO2S. The molecule has 2 aromatic carbocycles. The number of nitrogens with zero attached hydrogens (tertiary/aromatic N) is 1. The van der Waals surface area contributed by atoms with Crippen LogP contribution in [0.15, 0.2) is 36.4 Å². The monoisotopic (exact) mass is 277 g/mol. The summed E-state index contributed by atoms with van der Waals surface area (Å²) in [5.74, 6) is -0.285. The molecule has 2 N–H and O–H groups in total. The van der Waals surface area contributed by atoms with Crippen LogP contribution in [0, 0.1) is 0 Å². The zero-order chi connectivity index (χ0) is 12.7. The van der Waals surface area contributed by atoms with Gasteiger partial charge in [-0.1, -0.05) is 11.6 Å². The third-order valence-corrected chi connectivity index (χ3v) is 3.89. The SMILES string of the molecule is Oc1ccc(-c2nc3cc(Cl)ccc3s2)cc1O. The summed E-state index contributed by atoms with van der Waals surface area (Å²) >= 11 is 7.42.